The first-order chi connectivity index (χ1) is 11.6. The van der Waals surface area contributed by atoms with Gasteiger partial charge < -0.3 is 10.2 Å². The Kier molecular flexibility index (Phi) is 7.47. The molecule has 1 saturated heterocycles. The third-order valence-electron chi connectivity index (χ3n) is 4.66. The molecule has 4 nitrogen and oxygen atoms in total. The Hall–Kier alpha value is -1.65. The largest absolute Gasteiger partial charge is 0.348 e. The van der Waals surface area contributed by atoms with E-state index in [9.17, 15) is 4.79 Å². The summed E-state index contributed by atoms with van der Waals surface area (Å²) in [6, 6.07) is 8.61. The number of hydrogen-bond donors (Lipinski definition) is 1. The Labute approximate surface area is 146 Å². The monoisotopic (exact) mass is 329 g/mol. The number of nitrogens with one attached hydrogen (secondary N) is 1. The fourth-order valence-corrected chi connectivity index (χ4v) is 3.01. The average Bonchev–Trinajstić information content (AvgIpc) is 2.61. The number of benzene rings is 1. The summed E-state index contributed by atoms with van der Waals surface area (Å²) in [6.07, 6.45) is 2.84. The number of piperazine rings is 1. The zero-order valence-electron chi connectivity index (χ0n) is 15.3. The summed E-state index contributed by atoms with van der Waals surface area (Å²) >= 11 is 0. The van der Waals surface area contributed by atoms with Crippen LogP contribution >= 0.6 is 0 Å². The van der Waals surface area contributed by atoms with Crippen molar-refractivity contribution in [1.29, 1.82) is 0 Å². The third kappa shape index (κ3) is 5.77. The molecule has 0 spiro atoms. The van der Waals surface area contributed by atoms with E-state index in [1.807, 2.05) is 19.9 Å². The van der Waals surface area contributed by atoms with Crippen LogP contribution < -0.4 is 5.32 Å². The minimum Gasteiger partial charge on any atom is -0.348 e. The van der Waals surface area contributed by atoms with Gasteiger partial charge >= 0.3 is 0 Å². The highest BCUT2D eigenvalue weighted by atomic mass is 16.1. The molecule has 1 aromatic carbocycles. The molecule has 1 fully saturated rings. The maximum Gasteiger partial charge on any atom is 0.246 e. The fraction of sp³-hybridized carbons (Fsp3) is 0.550. The minimum absolute atomic E-state index is 0.0229. The van der Waals surface area contributed by atoms with Crippen molar-refractivity contribution in [3.63, 3.8) is 0 Å². The van der Waals surface area contributed by atoms with Crippen molar-refractivity contribution < 1.29 is 4.79 Å². The molecular formula is C20H31N3O. The van der Waals surface area contributed by atoms with Crippen molar-refractivity contribution in [2.45, 2.75) is 40.3 Å². The SMILES string of the molecule is CC/C=C(\C)C(=O)NCc1ccc(CN2CCN(CC)CC2)cc1. The molecule has 1 N–H and O–H groups in total. The second-order valence-electron chi connectivity index (χ2n) is 6.50. The van der Waals surface area contributed by atoms with Crippen LogP contribution in [0.4, 0.5) is 0 Å². The van der Waals surface area contributed by atoms with Gasteiger partial charge in [0.25, 0.3) is 0 Å². The summed E-state index contributed by atoms with van der Waals surface area (Å²) < 4.78 is 0. The molecule has 1 aliphatic heterocycles. The van der Waals surface area contributed by atoms with Crippen molar-refractivity contribution in [3.05, 3.63) is 47.0 Å². The van der Waals surface area contributed by atoms with Crippen molar-refractivity contribution in [3.8, 4) is 0 Å². The third-order valence-corrected chi connectivity index (χ3v) is 4.66. The maximum atomic E-state index is 11.9. The smallest absolute Gasteiger partial charge is 0.246 e. The molecular weight excluding hydrogens is 298 g/mol. The van der Waals surface area contributed by atoms with Crippen LogP contribution in [0.25, 0.3) is 0 Å². The Bertz CT molecular complexity index is 543. The lowest BCUT2D eigenvalue weighted by Crippen LogP contribution is -2.45. The van der Waals surface area contributed by atoms with Crippen LogP contribution in [0.5, 0.6) is 0 Å². The van der Waals surface area contributed by atoms with Gasteiger partial charge in [0, 0.05) is 44.8 Å². The number of likely N-dealkylation sites (N-methyl/N-ethyl adjacent to an activating group) is 1. The topological polar surface area (TPSA) is 35.6 Å². The lowest BCUT2D eigenvalue weighted by atomic mass is 10.1. The molecule has 0 radical (unpaired) electrons. The molecule has 0 bridgehead atoms. The lowest BCUT2D eigenvalue weighted by molar-refractivity contribution is -0.117. The molecule has 24 heavy (non-hydrogen) atoms. The average molecular weight is 329 g/mol. The number of hydrogen-bond acceptors (Lipinski definition) is 3. The summed E-state index contributed by atoms with van der Waals surface area (Å²) in [5.74, 6) is 0.0229. The molecule has 132 valence electrons. The molecule has 1 heterocycles. The van der Waals surface area contributed by atoms with E-state index in [-0.39, 0.29) is 5.91 Å². The fourth-order valence-electron chi connectivity index (χ4n) is 3.01. The van der Waals surface area contributed by atoms with E-state index in [1.165, 1.54) is 18.7 Å². The van der Waals surface area contributed by atoms with E-state index >= 15 is 0 Å². The van der Waals surface area contributed by atoms with Crippen molar-refractivity contribution in [2.24, 2.45) is 0 Å². The van der Waals surface area contributed by atoms with Gasteiger partial charge in [0.15, 0.2) is 0 Å². The van der Waals surface area contributed by atoms with Crippen molar-refractivity contribution in [2.75, 3.05) is 32.7 Å². The second-order valence-corrected chi connectivity index (χ2v) is 6.50. The zero-order valence-corrected chi connectivity index (χ0v) is 15.3. The summed E-state index contributed by atoms with van der Waals surface area (Å²) in [5.41, 5.74) is 3.28. The Morgan fingerprint density at radius 2 is 1.62 bits per heavy atom. The Balaban J connectivity index is 1.79. The molecule has 0 unspecified atom stereocenters. The predicted octanol–water partition coefficient (Wildman–Crippen LogP) is 2.80. The first-order valence-corrected chi connectivity index (χ1v) is 9.09. The molecule has 1 amide bonds. The summed E-state index contributed by atoms with van der Waals surface area (Å²) in [6.45, 7) is 13.5. The molecule has 0 aliphatic carbocycles. The summed E-state index contributed by atoms with van der Waals surface area (Å²) in [7, 11) is 0. The van der Waals surface area contributed by atoms with E-state index in [1.54, 1.807) is 0 Å². The number of carbonyl (C=O) groups excluding carboxylic acids is 1. The van der Waals surface area contributed by atoms with Gasteiger partial charge in [-0.2, -0.15) is 0 Å². The first-order valence-electron chi connectivity index (χ1n) is 9.09. The summed E-state index contributed by atoms with van der Waals surface area (Å²) in [5, 5.41) is 2.97. The molecule has 2 rings (SSSR count). The lowest BCUT2D eigenvalue weighted by Gasteiger charge is -2.34. The first kappa shape index (κ1) is 18.7. The van der Waals surface area contributed by atoms with Gasteiger partial charge in [0.05, 0.1) is 0 Å². The van der Waals surface area contributed by atoms with E-state index < -0.39 is 0 Å². The standard InChI is InChI=1S/C20H31N3O/c1-4-6-17(3)20(24)21-15-18-7-9-19(10-8-18)16-23-13-11-22(5-2)12-14-23/h6-10H,4-5,11-16H2,1-3H3,(H,21,24)/b17-6+. The van der Waals surface area contributed by atoms with E-state index in [4.69, 9.17) is 0 Å². The molecule has 1 aliphatic rings. The predicted molar refractivity (Wildman–Crippen MR) is 99.7 cm³/mol. The van der Waals surface area contributed by atoms with Gasteiger partial charge in [-0.05, 0) is 31.0 Å². The van der Waals surface area contributed by atoms with Gasteiger partial charge in [-0.1, -0.05) is 44.2 Å². The van der Waals surface area contributed by atoms with Crippen LogP contribution in [0.2, 0.25) is 0 Å². The van der Waals surface area contributed by atoms with Crippen LogP contribution in [0, 0.1) is 0 Å². The van der Waals surface area contributed by atoms with Crippen LogP contribution in [-0.4, -0.2) is 48.4 Å². The van der Waals surface area contributed by atoms with Gasteiger partial charge in [-0.15, -0.1) is 0 Å². The van der Waals surface area contributed by atoms with Crippen molar-refractivity contribution in [1.82, 2.24) is 15.1 Å². The minimum atomic E-state index is 0.0229. The summed E-state index contributed by atoms with van der Waals surface area (Å²) in [4.78, 5) is 16.9. The van der Waals surface area contributed by atoms with Gasteiger partial charge in [0.2, 0.25) is 5.91 Å². The molecule has 0 aromatic heterocycles. The second kappa shape index (κ2) is 9.60. The number of allylic oxidation sites excluding steroid dienone is 1. The zero-order chi connectivity index (χ0) is 17.4. The quantitative estimate of drug-likeness (QED) is 0.781. The van der Waals surface area contributed by atoms with Gasteiger partial charge in [-0.3, -0.25) is 9.69 Å². The van der Waals surface area contributed by atoms with Crippen LogP contribution in [-0.2, 0) is 17.9 Å². The highest BCUT2D eigenvalue weighted by Crippen LogP contribution is 2.10. The number of amides is 1. The van der Waals surface area contributed by atoms with E-state index in [0.717, 1.165) is 43.7 Å². The maximum absolute atomic E-state index is 11.9. The normalized spacial score (nSPS) is 17.0. The number of carbonyl (C=O) groups is 1. The highest BCUT2D eigenvalue weighted by Gasteiger charge is 2.15. The van der Waals surface area contributed by atoms with E-state index in [0.29, 0.717) is 6.54 Å². The van der Waals surface area contributed by atoms with Crippen molar-refractivity contribution >= 4 is 5.91 Å². The number of nitrogens with zero attached hydrogens (tertiary/aromatic N) is 2. The van der Waals surface area contributed by atoms with Gasteiger partial charge in [0.1, 0.15) is 0 Å². The van der Waals surface area contributed by atoms with Crippen LogP contribution in [0.1, 0.15) is 38.3 Å². The number of rotatable bonds is 7. The molecule has 1 aromatic rings. The van der Waals surface area contributed by atoms with E-state index in [2.05, 4.69) is 46.3 Å². The Morgan fingerprint density at radius 1 is 1.04 bits per heavy atom. The Morgan fingerprint density at radius 3 is 2.21 bits per heavy atom. The molecule has 0 atom stereocenters. The highest BCUT2D eigenvalue weighted by molar-refractivity contribution is 5.92. The van der Waals surface area contributed by atoms with Crippen LogP contribution in [0.15, 0.2) is 35.9 Å². The van der Waals surface area contributed by atoms with Gasteiger partial charge in [-0.25, -0.2) is 0 Å². The molecule has 0 saturated carbocycles. The van der Waals surface area contributed by atoms with Crippen LogP contribution in [0.3, 0.4) is 0 Å². The molecule has 4 heteroatoms.